The van der Waals surface area contributed by atoms with Crippen molar-refractivity contribution >= 4 is 11.5 Å². The molecule has 0 spiro atoms. The summed E-state index contributed by atoms with van der Waals surface area (Å²) in [7, 11) is 0. The number of aromatic nitrogens is 1. The van der Waals surface area contributed by atoms with Crippen LogP contribution in [0.3, 0.4) is 0 Å². The predicted octanol–water partition coefficient (Wildman–Crippen LogP) is 3.16. The van der Waals surface area contributed by atoms with Crippen LogP contribution in [0.25, 0.3) is 11.1 Å². The Morgan fingerprint density at radius 2 is 2.00 bits per heavy atom. The predicted molar refractivity (Wildman–Crippen MR) is 75.7 cm³/mol. The standard InChI is InChI=1S/C15H14F3N3/c16-9-1-2-13(18)12(7-9)11-3-5-20-15(14(11)19)21-6-4-10(17)8-21/h1-3,5,7,10H,4,6,8,19H2/t10-/m0/s1. The quantitative estimate of drug-likeness (QED) is 0.925. The van der Waals surface area contributed by atoms with Crippen LogP contribution in [0.1, 0.15) is 6.42 Å². The lowest BCUT2D eigenvalue weighted by Gasteiger charge is -2.20. The van der Waals surface area contributed by atoms with Crippen LogP contribution in [0.2, 0.25) is 0 Å². The molecule has 0 saturated carbocycles. The Morgan fingerprint density at radius 1 is 1.19 bits per heavy atom. The van der Waals surface area contributed by atoms with Crippen molar-refractivity contribution in [2.75, 3.05) is 23.7 Å². The Morgan fingerprint density at radius 3 is 2.71 bits per heavy atom. The third-order valence-corrected chi connectivity index (χ3v) is 3.62. The number of hydrogen-bond acceptors (Lipinski definition) is 3. The minimum atomic E-state index is -0.916. The maximum absolute atomic E-state index is 13.9. The molecule has 1 atom stereocenters. The van der Waals surface area contributed by atoms with Crippen LogP contribution >= 0.6 is 0 Å². The normalized spacial score (nSPS) is 18.2. The fourth-order valence-electron chi connectivity index (χ4n) is 2.56. The van der Waals surface area contributed by atoms with Gasteiger partial charge in [-0.2, -0.15) is 0 Å². The summed E-state index contributed by atoms with van der Waals surface area (Å²) in [5.41, 5.74) is 6.71. The molecule has 1 aliphatic heterocycles. The van der Waals surface area contributed by atoms with Gasteiger partial charge in [0.15, 0.2) is 5.82 Å². The largest absolute Gasteiger partial charge is 0.395 e. The van der Waals surface area contributed by atoms with Gasteiger partial charge in [-0.15, -0.1) is 0 Å². The van der Waals surface area contributed by atoms with Gasteiger partial charge in [0.05, 0.1) is 12.2 Å². The van der Waals surface area contributed by atoms with Gasteiger partial charge >= 0.3 is 0 Å². The van der Waals surface area contributed by atoms with Crippen LogP contribution in [0.5, 0.6) is 0 Å². The summed E-state index contributed by atoms with van der Waals surface area (Å²) in [4.78, 5) is 5.87. The second-order valence-electron chi connectivity index (χ2n) is 5.05. The van der Waals surface area contributed by atoms with Gasteiger partial charge in [-0.25, -0.2) is 18.2 Å². The second-order valence-corrected chi connectivity index (χ2v) is 5.05. The molecule has 1 aromatic heterocycles. The van der Waals surface area contributed by atoms with E-state index in [1.54, 1.807) is 4.90 Å². The van der Waals surface area contributed by atoms with Gasteiger partial charge in [-0.3, -0.25) is 0 Å². The molecule has 1 aromatic carbocycles. The Balaban J connectivity index is 2.06. The SMILES string of the molecule is Nc1c(-c2cc(F)ccc2F)ccnc1N1CC[C@H](F)C1. The summed E-state index contributed by atoms with van der Waals surface area (Å²) in [6.45, 7) is 0.722. The Kier molecular flexibility index (Phi) is 3.45. The fraction of sp³-hybridized carbons (Fsp3) is 0.267. The topological polar surface area (TPSA) is 42.1 Å². The van der Waals surface area contributed by atoms with Crippen molar-refractivity contribution in [3.63, 3.8) is 0 Å². The van der Waals surface area contributed by atoms with Crippen LogP contribution < -0.4 is 10.6 Å². The van der Waals surface area contributed by atoms with E-state index in [9.17, 15) is 13.2 Å². The van der Waals surface area contributed by atoms with Crippen molar-refractivity contribution in [2.45, 2.75) is 12.6 Å². The summed E-state index contributed by atoms with van der Waals surface area (Å²) in [6, 6.07) is 4.72. The highest BCUT2D eigenvalue weighted by Crippen LogP contribution is 2.35. The molecule has 6 heteroatoms. The highest BCUT2D eigenvalue weighted by Gasteiger charge is 2.25. The molecule has 110 valence electrons. The van der Waals surface area contributed by atoms with E-state index in [0.717, 1.165) is 18.2 Å². The number of nitrogens with two attached hydrogens (primary N) is 1. The van der Waals surface area contributed by atoms with E-state index in [2.05, 4.69) is 4.98 Å². The molecule has 1 aliphatic rings. The summed E-state index contributed by atoms with van der Waals surface area (Å²) in [5.74, 6) is -0.699. The lowest BCUT2D eigenvalue weighted by molar-refractivity contribution is 0.364. The van der Waals surface area contributed by atoms with Crippen molar-refractivity contribution < 1.29 is 13.2 Å². The summed E-state index contributed by atoms with van der Waals surface area (Å²) in [5, 5.41) is 0. The number of halogens is 3. The average molecular weight is 293 g/mol. The summed E-state index contributed by atoms with van der Waals surface area (Å²) in [6.07, 6.45) is 0.970. The van der Waals surface area contributed by atoms with Crippen LogP contribution in [0.4, 0.5) is 24.7 Å². The van der Waals surface area contributed by atoms with Gasteiger partial charge in [0.1, 0.15) is 17.8 Å². The van der Waals surface area contributed by atoms with E-state index < -0.39 is 17.8 Å². The number of pyridine rings is 1. The third-order valence-electron chi connectivity index (χ3n) is 3.62. The van der Waals surface area contributed by atoms with Crippen molar-refractivity contribution in [3.8, 4) is 11.1 Å². The smallest absolute Gasteiger partial charge is 0.152 e. The van der Waals surface area contributed by atoms with Crippen LogP contribution in [-0.2, 0) is 0 Å². The molecular formula is C15H14F3N3. The maximum atomic E-state index is 13.9. The molecule has 0 unspecified atom stereocenters. The first-order valence-electron chi connectivity index (χ1n) is 6.65. The highest BCUT2D eigenvalue weighted by molar-refractivity contribution is 5.84. The molecule has 1 saturated heterocycles. The van der Waals surface area contributed by atoms with Crippen LogP contribution in [0.15, 0.2) is 30.5 Å². The van der Waals surface area contributed by atoms with Gasteiger partial charge in [0, 0.05) is 23.9 Å². The lowest BCUT2D eigenvalue weighted by Crippen LogP contribution is -2.22. The maximum Gasteiger partial charge on any atom is 0.152 e. The number of anilines is 2. The van der Waals surface area contributed by atoms with E-state index in [-0.39, 0.29) is 17.8 Å². The molecule has 2 N–H and O–H groups in total. The Labute approximate surface area is 120 Å². The van der Waals surface area contributed by atoms with Gasteiger partial charge in [0.25, 0.3) is 0 Å². The number of hydrogen-bond donors (Lipinski definition) is 1. The highest BCUT2D eigenvalue weighted by atomic mass is 19.1. The first-order chi connectivity index (χ1) is 10.1. The van der Waals surface area contributed by atoms with Gasteiger partial charge < -0.3 is 10.6 Å². The van der Waals surface area contributed by atoms with E-state index in [4.69, 9.17) is 5.73 Å². The van der Waals surface area contributed by atoms with Gasteiger partial charge in [-0.1, -0.05) is 0 Å². The number of nitrogens with zero attached hydrogens (tertiary/aromatic N) is 2. The first kappa shape index (κ1) is 13.7. The number of nitrogen functional groups attached to an aromatic ring is 1. The lowest BCUT2D eigenvalue weighted by atomic mass is 10.0. The zero-order valence-electron chi connectivity index (χ0n) is 11.2. The Hall–Kier alpha value is -2.24. The molecule has 3 nitrogen and oxygen atoms in total. The summed E-state index contributed by atoms with van der Waals surface area (Å²) >= 11 is 0. The molecule has 2 aromatic rings. The van der Waals surface area contributed by atoms with Crippen molar-refractivity contribution in [2.24, 2.45) is 0 Å². The first-order valence-corrected chi connectivity index (χ1v) is 6.65. The molecular weight excluding hydrogens is 279 g/mol. The van der Waals surface area contributed by atoms with E-state index >= 15 is 0 Å². The molecule has 2 heterocycles. The molecule has 3 rings (SSSR count). The second kappa shape index (κ2) is 5.27. The monoisotopic (exact) mass is 293 g/mol. The van der Waals surface area contributed by atoms with Gasteiger partial charge in [-0.05, 0) is 30.7 Å². The fourth-order valence-corrected chi connectivity index (χ4v) is 2.56. The Bertz CT molecular complexity index is 675. The number of alkyl halides is 1. The van der Waals surface area contributed by atoms with E-state index in [1.165, 1.54) is 12.3 Å². The van der Waals surface area contributed by atoms with Crippen molar-refractivity contribution in [3.05, 3.63) is 42.1 Å². The third kappa shape index (κ3) is 2.53. The number of rotatable bonds is 2. The number of benzene rings is 1. The molecule has 0 aliphatic carbocycles. The molecule has 0 bridgehead atoms. The van der Waals surface area contributed by atoms with E-state index in [1.807, 2.05) is 0 Å². The summed E-state index contributed by atoms with van der Waals surface area (Å²) < 4.78 is 40.5. The van der Waals surface area contributed by atoms with Crippen molar-refractivity contribution in [1.82, 2.24) is 4.98 Å². The molecule has 0 radical (unpaired) electrons. The van der Waals surface area contributed by atoms with Crippen molar-refractivity contribution in [1.29, 1.82) is 0 Å². The zero-order chi connectivity index (χ0) is 15.0. The van der Waals surface area contributed by atoms with Crippen LogP contribution in [-0.4, -0.2) is 24.2 Å². The molecule has 21 heavy (non-hydrogen) atoms. The molecule has 0 amide bonds. The minimum absolute atomic E-state index is 0.0761. The van der Waals surface area contributed by atoms with Gasteiger partial charge in [0.2, 0.25) is 0 Å². The average Bonchev–Trinajstić information content (AvgIpc) is 2.88. The van der Waals surface area contributed by atoms with E-state index in [0.29, 0.717) is 24.3 Å². The minimum Gasteiger partial charge on any atom is -0.395 e. The zero-order valence-corrected chi connectivity index (χ0v) is 11.2. The van der Waals surface area contributed by atoms with Crippen LogP contribution in [0, 0.1) is 11.6 Å². The molecule has 1 fully saturated rings.